The third-order valence-electron chi connectivity index (χ3n) is 4.25. The first-order valence-electron chi connectivity index (χ1n) is 9.02. The Kier molecular flexibility index (Phi) is 5.50. The van der Waals surface area contributed by atoms with Crippen LogP contribution in [0.4, 0.5) is 23.0 Å². The van der Waals surface area contributed by atoms with E-state index in [4.69, 9.17) is 0 Å². The van der Waals surface area contributed by atoms with Crippen LogP contribution in [0.3, 0.4) is 0 Å². The maximum absolute atomic E-state index is 11.4. The van der Waals surface area contributed by atoms with E-state index in [2.05, 4.69) is 46.6 Å². The van der Waals surface area contributed by atoms with Crippen LogP contribution in [0, 0.1) is 6.92 Å². The van der Waals surface area contributed by atoms with Gasteiger partial charge in [-0.05, 0) is 55.7 Å². The number of nitrogens with one attached hydrogen (secondary N) is 2. The van der Waals surface area contributed by atoms with Crippen LogP contribution in [0.15, 0.2) is 54.6 Å². The molecule has 138 valence electrons. The van der Waals surface area contributed by atoms with Crippen molar-refractivity contribution < 1.29 is 4.79 Å². The molecular weight excluding hydrogens is 336 g/mol. The number of carbonyl (C=O) groups excluding carboxylic acids is 1. The summed E-state index contributed by atoms with van der Waals surface area (Å²) < 4.78 is 0. The molecule has 2 N–H and O–H groups in total. The number of para-hydroxylation sites is 1. The topological polar surface area (TPSA) is 66.9 Å². The summed E-state index contributed by atoms with van der Waals surface area (Å²) in [6, 6.07) is 17.5. The zero-order valence-corrected chi connectivity index (χ0v) is 16.1. The summed E-state index contributed by atoms with van der Waals surface area (Å²) in [5.41, 5.74) is 3.84. The Hall–Kier alpha value is -3.21. The van der Waals surface area contributed by atoms with E-state index < -0.39 is 0 Å². The zero-order chi connectivity index (χ0) is 19.4. The van der Waals surface area contributed by atoms with E-state index in [0.717, 1.165) is 17.2 Å². The minimum Gasteiger partial charge on any atom is -0.340 e. The van der Waals surface area contributed by atoms with Gasteiger partial charge in [0, 0.05) is 23.0 Å². The summed E-state index contributed by atoms with van der Waals surface area (Å²) in [6.07, 6.45) is 0. The molecule has 0 saturated carbocycles. The van der Waals surface area contributed by atoms with Crippen molar-refractivity contribution in [2.45, 2.75) is 33.6 Å². The molecule has 2 aromatic carbocycles. The second kappa shape index (κ2) is 7.99. The lowest BCUT2D eigenvalue weighted by atomic mass is 10.0. The minimum atomic E-state index is 0.0507. The van der Waals surface area contributed by atoms with Gasteiger partial charge in [0.15, 0.2) is 5.78 Å². The van der Waals surface area contributed by atoms with E-state index in [-0.39, 0.29) is 5.78 Å². The summed E-state index contributed by atoms with van der Waals surface area (Å²) in [5, 5.41) is 6.68. The first kappa shape index (κ1) is 18.6. The number of ketones is 1. The fourth-order valence-corrected chi connectivity index (χ4v) is 2.88. The smallest absolute Gasteiger partial charge is 0.159 e. The second-order valence-corrected chi connectivity index (χ2v) is 6.81. The largest absolute Gasteiger partial charge is 0.340 e. The fourth-order valence-electron chi connectivity index (χ4n) is 2.88. The van der Waals surface area contributed by atoms with Crippen molar-refractivity contribution in [3.63, 3.8) is 0 Å². The number of anilines is 4. The fraction of sp³-hybridized carbons (Fsp3) is 0.227. The highest BCUT2D eigenvalue weighted by Gasteiger charge is 2.08. The SMILES string of the molecule is CC(=O)c1ccc(Nc2cc(Nc3ccccc3C(C)C)nc(C)n2)cc1. The predicted octanol–water partition coefficient (Wildman–Crippen LogP) is 5.60. The number of carbonyl (C=O) groups is 1. The number of hydrogen-bond acceptors (Lipinski definition) is 5. The predicted molar refractivity (Wildman–Crippen MR) is 110 cm³/mol. The molecule has 0 unspecified atom stereocenters. The zero-order valence-electron chi connectivity index (χ0n) is 16.1. The van der Waals surface area contributed by atoms with Gasteiger partial charge < -0.3 is 10.6 Å². The first-order valence-corrected chi connectivity index (χ1v) is 9.02. The minimum absolute atomic E-state index is 0.0507. The molecule has 0 spiro atoms. The van der Waals surface area contributed by atoms with Crippen LogP contribution in [0.1, 0.15) is 48.4 Å². The molecule has 0 bridgehead atoms. The third-order valence-corrected chi connectivity index (χ3v) is 4.25. The normalized spacial score (nSPS) is 10.7. The van der Waals surface area contributed by atoms with E-state index in [0.29, 0.717) is 23.1 Å². The van der Waals surface area contributed by atoms with Crippen LogP contribution >= 0.6 is 0 Å². The molecule has 5 heteroatoms. The van der Waals surface area contributed by atoms with E-state index in [1.807, 2.05) is 37.3 Å². The molecule has 1 heterocycles. The van der Waals surface area contributed by atoms with Crippen LogP contribution in [0.2, 0.25) is 0 Å². The molecule has 27 heavy (non-hydrogen) atoms. The highest BCUT2D eigenvalue weighted by atomic mass is 16.1. The summed E-state index contributed by atoms with van der Waals surface area (Å²) in [6.45, 7) is 7.76. The number of rotatable bonds is 6. The van der Waals surface area contributed by atoms with Crippen molar-refractivity contribution in [2.75, 3.05) is 10.6 Å². The van der Waals surface area contributed by atoms with Gasteiger partial charge in [-0.3, -0.25) is 4.79 Å². The van der Waals surface area contributed by atoms with Crippen LogP contribution < -0.4 is 10.6 Å². The van der Waals surface area contributed by atoms with Gasteiger partial charge in [0.05, 0.1) is 0 Å². The van der Waals surface area contributed by atoms with Gasteiger partial charge in [-0.1, -0.05) is 32.0 Å². The van der Waals surface area contributed by atoms with Crippen molar-refractivity contribution in [2.24, 2.45) is 0 Å². The van der Waals surface area contributed by atoms with Crippen molar-refractivity contribution in [3.8, 4) is 0 Å². The molecule has 0 aliphatic heterocycles. The maximum Gasteiger partial charge on any atom is 0.159 e. The molecule has 0 atom stereocenters. The molecule has 0 aliphatic carbocycles. The Morgan fingerprint density at radius 1 is 0.926 bits per heavy atom. The molecule has 3 rings (SSSR count). The highest BCUT2D eigenvalue weighted by molar-refractivity contribution is 5.94. The Morgan fingerprint density at radius 3 is 2.19 bits per heavy atom. The van der Waals surface area contributed by atoms with Crippen molar-refractivity contribution in [3.05, 3.63) is 71.5 Å². The molecule has 1 aromatic heterocycles. The van der Waals surface area contributed by atoms with Gasteiger partial charge in [-0.2, -0.15) is 0 Å². The van der Waals surface area contributed by atoms with Gasteiger partial charge in [0.2, 0.25) is 0 Å². The first-order chi connectivity index (χ1) is 12.9. The summed E-state index contributed by atoms with van der Waals surface area (Å²) in [5.74, 6) is 2.56. The molecule has 0 aliphatic rings. The van der Waals surface area contributed by atoms with Crippen LogP contribution in [0.5, 0.6) is 0 Å². The average molecular weight is 360 g/mol. The lowest BCUT2D eigenvalue weighted by Crippen LogP contribution is -2.03. The maximum atomic E-state index is 11.4. The Bertz CT molecular complexity index is 949. The van der Waals surface area contributed by atoms with Crippen LogP contribution in [0.25, 0.3) is 0 Å². The monoisotopic (exact) mass is 360 g/mol. The quantitative estimate of drug-likeness (QED) is 0.560. The van der Waals surface area contributed by atoms with Gasteiger partial charge in [-0.15, -0.1) is 0 Å². The third kappa shape index (κ3) is 4.70. The van der Waals surface area contributed by atoms with Gasteiger partial charge >= 0.3 is 0 Å². The van der Waals surface area contributed by atoms with Crippen molar-refractivity contribution >= 4 is 28.8 Å². The van der Waals surface area contributed by atoms with Crippen LogP contribution in [-0.2, 0) is 0 Å². The van der Waals surface area contributed by atoms with Crippen LogP contribution in [-0.4, -0.2) is 15.8 Å². The summed E-state index contributed by atoms with van der Waals surface area (Å²) in [7, 11) is 0. The average Bonchev–Trinajstić information content (AvgIpc) is 2.62. The standard InChI is InChI=1S/C22H24N4O/c1-14(2)19-7-5-6-8-20(19)26-22-13-21(23-16(4)24-22)25-18-11-9-17(10-12-18)15(3)27/h5-14H,1-4H3,(H2,23,24,25,26). The van der Waals surface area contributed by atoms with E-state index >= 15 is 0 Å². The van der Waals surface area contributed by atoms with E-state index in [1.54, 1.807) is 19.1 Å². The summed E-state index contributed by atoms with van der Waals surface area (Å²) in [4.78, 5) is 20.4. The number of aryl methyl sites for hydroxylation is 1. The van der Waals surface area contributed by atoms with E-state index in [1.165, 1.54) is 5.56 Å². The van der Waals surface area contributed by atoms with E-state index in [9.17, 15) is 4.79 Å². The Morgan fingerprint density at radius 2 is 1.56 bits per heavy atom. The number of hydrogen-bond donors (Lipinski definition) is 2. The number of benzene rings is 2. The van der Waals surface area contributed by atoms with Crippen molar-refractivity contribution in [1.29, 1.82) is 0 Å². The number of Topliss-reactive ketones (excluding diaryl/α,β-unsaturated/α-hetero) is 1. The van der Waals surface area contributed by atoms with Gasteiger partial charge in [-0.25, -0.2) is 9.97 Å². The molecule has 5 nitrogen and oxygen atoms in total. The molecular formula is C22H24N4O. The number of aromatic nitrogens is 2. The summed E-state index contributed by atoms with van der Waals surface area (Å²) >= 11 is 0. The number of nitrogens with zero attached hydrogens (tertiary/aromatic N) is 2. The van der Waals surface area contributed by atoms with Gasteiger partial charge in [0.25, 0.3) is 0 Å². The lowest BCUT2D eigenvalue weighted by molar-refractivity contribution is 0.101. The lowest BCUT2D eigenvalue weighted by Gasteiger charge is -2.15. The molecule has 3 aromatic rings. The van der Waals surface area contributed by atoms with Crippen molar-refractivity contribution in [1.82, 2.24) is 9.97 Å². The highest BCUT2D eigenvalue weighted by Crippen LogP contribution is 2.27. The Labute approximate surface area is 159 Å². The molecule has 0 saturated heterocycles. The molecule has 0 fully saturated rings. The van der Waals surface area contributed by atoms with Gasteiger partial charge in [0.1, 0.15) is 17.5 Å². The second-order valence-electron chi connectivity index (χ2n) is 6.81. The molecule has 0 radical (unpaired) electrons. The Balaban J connectivity index is 1.83. The molecule has 0 amide bonds.